The van der Waals surface area contributed by atoms with Gasteiger partial charge in [0.2, 0.25) is 0 Å². The normalized spacial score (nSPS) is 53.7. The van der Waals surface area contributed by atoms with Crippen molar-refractivity contribution in [2.75, 3.05) is 7.11 Å². The molecular weight excluding hydrogens is 296 g/mol. The number of hydrogen-bond acceptors (Lipinski definition) is 2. The van der Waals surface area contributed by atoms with Gasteiger partial charge in [-0.1, -0.05) is 19.8 Å². The molecule has 0 bridgehead atoms. The van der Waals surface area contributed by atoms with Gasteiger partial charge in [-0.3, -0.25) is 4.79 Å². The molecule has 2 heteroatoms. The Morgan fingerprint density at radius 3 is 2.71 bits per heavy atom. The summed E-state index contributed by atoms with van der Waals surface area (Å²) in [6, 6.07) is 0. The predicted molar refractivity (Wildman–Crippen MR) is 95.2 cm³/mol. The molecule has 2 nitrogen and oxygen atoms in total. The van der Waals surface area contributed by atoms with Gasteiger partial charge in [-0.05, 0) is 74.0 Å². The third-order valence-corrected chi connectivity index (χ3v) is 8.82. The molecule has 24 heavy (non-hydrogen) atoms. The molecule has 0 heterocycles. The molecule has 4 aliphatic carbocycles. The smallest absolute Gasteiger partial charge is 0.133 e. The zero-order chi connectivity index (χ0) is 17.1. The van der Waals surface area contributed by atoms with E-state index in [0.29, 0.717) is 17.6 Å². The molecule has 4 saturated carbocycles. The van der Waals surface area contributed by atoms with E-state index in [1.807, 2.05) is 7.11 Å². The molecule has 8 atom stereocenters. The van der Waals surface area contributed by atoms with Gasteiger partial charge in [0.25, 0.3) is 0 Å². The monoisotopic (exact) mass is 328 g/mol. The number of ether oxygens (including phenoxy) is 1. The molecule has 0 aromatic carbocycles. The number of carbonyl (C=O) groups is 1. The lowest BCUT2D eigenvalue weighted by molar-refractivity contribution is -0.141. The fourth-order valence-corrected chi connectivity index (χ4v) is 7.74. The third kappa shape index (κ3) is 2.03. The number of rotatable bonds is 1. The molecule has 0 N–H and O–H groups in total. The Hall–Kier alpha value is -0.810. The maximum absolute atomic E-state index is 11.9. The zero-order valence-corrected chi connectivity index (χ0v) is 15.5. The van der Waals surface area contributed by atoms with Crippen LogP contribution in [0.4, 0.5) is 0 Å². The molecule has 132 valence electrons. The summed E-state index contributed by atoms with van der Waals surface area (Å²) in [6.45, 7) is 4.86. The van der Waals surface area contributed by atoms with E-state index in [1.54, 1.807) is 0 Å². The van der Waals surface area contributed by atoms with Crippen molar-refractivity contribution in [2.24, 2.45) is 40.9 Å². The van der Waals surface area contributed by atoms with E-state index < -0.39 is 0 Å². The summed E-state index contributed by atoms with van der Waals surface area (Å²) in [5, 5.41) is 0. The topological polar surface area (TPSA) is 26.3 Å². The van der Waals surface area contributed by atoms with E-state index >= 15 is 0 Å². The van der Waals surface area contributed by atoms with E-state index in [0.717, 1.165) is 49.4 Å². The van der Waals surface area contributed by atoms with Crippen LogP contribution in [0.3, 0.4) is 0 Å². The molecular formula is C22H32O2. The molecule has 0 aliphatic heterocycles. The molecule has 0 saturated heterocycles. The van der Waals surface area contributed by atoms with Gasteiger partial charge in [-0.15, -0.1) is 6.42 Å². The Kier molecular flexibility index (Phi) is 3.88. The van der Waals surface area contributed by atoms with Crippen LogP contribution in [-0.4, -0.2) is 18.5 Å². The Labute approximate surface area is 147 Å². The summed E-state index contributed by atoms with van der Waals surface area (Å²) in [5.74, 6) is 8.04. The Balaban J connectivity index is 1.66. The van der Waals surface area contributed by atoms with E-state index in [2.05, 4.69) is 19.8 Å². The molecule has 0 aromatic rings. The molecule has 0 aromatic heterocycles. The number of Topliss-reactive ketones (excluding diaryl/α,β-unsaturated/α-hetero) is 1. The summed E-state index contributed by atoms with van der Waals surface area (Å²) in [7, 11) is 1.81. The fourth-order valence-electron chi connectivity index (χ4n) is 7.74. The van der Waals surface area contributed by atoms with Crippen molar-refractivity contribution >= 4 is 5.78 Å². The number of carbonyl (C=O) groups excluding carboxylic acids is 1. The summed E-state index contributed by atoms with van der Waals surface area (Å²) >= 11 is 0. The number of hydrogen-bond donors (Lipinski definition) is 0. The minimum absolute atomic E-state index is 0.128. The van der Waals surface area contributed by atoms with Crippen LogP contribution in [0.25, 0.3) is 0 Å². The van der Waals surface area contributed by atoms with Crippen LogP contribution >= 0.6 is 0 Å². The van der Waals surface area contributed by atoms with Gasteiger partial charge in [-0.2, -0.15) is 0 Å². The Bertz CT molecular complexity index is 575. The standard InChI is InChI=1S/C22H32O2/c1-5-22(24-4)11-9-19-20-14(2)12-15-13-16(23)6-7-17(15)18(20)8-10-21(19,22)3/h1,14-15,17-20H,6-13H2,2-4H3/t14-,15?,17+,18-,19+,20-,21+,22+/m1/s1. The summed E-state index contributed by atoms with van der Waals surface area (Å²) in [6.07, 6.45) is 14.8. The van der Waals surface area contributed by atoms with Crippen LogP contribution in [-0.2, 0) is 9.53 Å². The number of fused-ring (bicyclic) bond motifs is 5. The van der Waals surface area contributed by atoms with Crippen molar-refractivity contribution in [1.29, 1.82) is 0 Å². The lowest BCUT2D eigenvalue weighted by atomic mass is 9.47. The summed E-state index contributed by atoms with van der Waals surface area (Å²) < 4.78 is 5.98. The van der Waals surface area contributed by atoms with Gasteiger partial charge in [0.05, 0.1) is 0 Å². The van der Waals surface area contributed by atoms with Crippen molar-refractivity contribution in [3.63, 3.8) is 0 Å². The number of terminal acetylenes is 1. The van der Waals surface area contributed by atoms with E-state index in [4.69, 9.17) is 11.2 Å². The van der Waals surface area contributed by atoms with E-state index in [1.165, 1.54) is 25.7 Å². The van der Waals surface area contributed by atoms with Gasteiger partial charge in [-0.25, -0.2) is 0 Å². The predicted octanol–water partition coefficient (Wildman–Crippen LogP) is 4.47. The second-order valence-electron chi connectivity index (χ2n) is 9.44. The quantitative estimate of drug-likeness (QED) is 0.664. The molecule has 4 rings (SSSR count). The first-order valence-corrected chi connectivity index (χ1v) is 10.0. The molecule has 4 aliphatic rings. The molecule has 0 radical (unpaired) electrons. The number of ketones is 1. The van der Waals surface area contributed by atoms with Crippen LogP contribution in [0, 0.1) is 53.3 Å². The zero-order valence-electron chi connectivity index (χ0n) is 15.5. The van der Waals surface area contributed by atoms with Crippen LogP contribution in [0.1, 0.15) is 65.2 Å². The maximum Gasteiger partial charge on any atom is 0.133 e. The van der Waals surface area contributed by atoms with Crippen LogP contribution in [0.5, 0.6) is 0 Å². The van der Waals surface area contributed by atoms with Gasteiger partial charge in [0.15, 0.2) is 0 Å². The second kappa shape index (κ2) is 5.60. The average molecular weight is 328 g/mol. The van der Waals surface area contributed by atoms with Crippen molar-refractivity contribution in [3.05, 3.63) is 0 Å². The minimum Gasteiger partial charge on any atom is -0.365 e. The van der Waals surface area contributed by atoms with Crippen molar-refractivity contribution in [3.8, 4) is 12.3 Å². The van der Waals surface area contributed by atoms with Crippen LogP contribution in [0.2, 0.25) is 0 Å². The largest absolute Gasteiger partial charge is 0.365 e. The van der Waals surface area contributed by atoms with Gasteiger partial charge in [0.1, 0.15) is 11.4 Å². The average Bonchev–Trinajstić information content (AvgIpc) is 2.87. The third-order valence-electron chi connectivity index (χ3n) is 8.82. The summed E-state index contributed by atoms with van der Waals surface area (Å²) in [4.78, 5) is 11.9. The molecule has 0 spiro atoms. The molecule has 1 unspecified atom stereocenters. The summed E-state index contributed by atoms with van der Waals surface area (Å²) in [5.41, 5.74) is -0.231. The molecule has 4 fully saturated rings. The fraction of sp³-hybridized carbons (Fsp3) is 0.864. The van der Waals surface area contributed by atoms with Crippen LogP contribution < -0.4 is 0 Å². The van der Waals surface area contributed by atoms with Crippen molar-refractivity contribution in [1.82, 2.24) is 0 Å². The Morgan fingerprint density at radius 2 is 2.00 bits per heavy atom. The van der Waals surface area contributed by atoms with Crippen LogP contribution in [0.15, 0.2) is 0 Å². The van der Waals surface area contributed by atoms with E-state index in [9.17, 15) is 4.79 Å². The highest BCUT2D eigenvalue weighted by Crippen LogP contribution is 2.66. The maximum atomic E-state index is 11.9. The SMILES string of the molecule is C#C[C@]1(OC)CC[C@H]2[C@H]3[C@H](CC[C@@]21C)[C@H]1CCC(=O)CC1C[C@H]3C. The minimum atomic E-state index is -0.359. The van der Waals surface area contributed by atoms with Gasteiger partial charge < -0.3 is 4.74 Å². The van der Waals surface area contributed by atoms with Crippen molar-refractivity contribution in [2.45, 2.75) is 70.8 Å². The van der Waals surface area contributed by atoms with Crippen molar-refractivity contribution < 1.29 is 9.53 Å². The Morgan fingerprint density at radius 1 is 1.21 bits per heavy atom. The van der Waals surface area contributed by atoms with Gasteiger partial charge >= 0.3 is 0 Å². The highest BCUT2D eigenvalue weighted by molar-refractivity contribution is 5.79. The molecule has 0 amide bonds. The first kappa shape index (κ1) is 16.6. The lowest BCUT2D eigenvalue weighted by Gasteiger charge is -2.58. The first-order valence-electron chi connectivity index (χ1n) is 10.0. The van der Waals surface area contributed by atoms with E-state index in [-0.39, 0.29) is 11.0 Å². The number of methoxy groups -OCH3 is 1. The highest BCUT2D eigenvalue weighted by atomic mass is 16.5. The highest BCUT2D eigenvalue weighted by Gasteiger charge is 2.64. The second-order valence-corrected chi connectivity index (χ2v) is 9.44. The van der Waals surface area contributed by atoms with Gasteiger partial charge in [0, 0.05) is 25.4 Å². The lowest BCUT2D eigenvalue weighted by Crippen LogP contribution is -2.55. The first-order chi connectivity index (χ1) is 11.5.